The first-order valence-electron chi connectivity index (χ1n) is 11.8. The Morgan fingerprint density at radius 1 is 0.640 bits per heavy atom. The fourth-order valence-electron chi connectivity index (χ4n) is 4.06. The van der Waals surface area contributed by atoms with Crippen LogP contribution in [0.5, 0.6) is 0 Å². The van der Waals surface area contributed by atoms with Crippen LogP contribution in [0, 0.1) is 0 Å². The number of unbranched alkanes of at least 4 members (excludes halogenated alkanes) is 15. The number of rotatable bonds is 19. The normalized spacial score (nSPS) is 17.2. The maximum absolute atomic E-state index is 5.41. The van der Waals surface area contributed by atoms with Gasteiger partial charge in [-0.1, -0.05) is 129 Å². The Morgan fingerprint density at radius 2 is 1.00 bits per heavy atom. The Hall–Kier alpha value is 0.177. The minimum absolute atomic E-state index is 0.655. The van der Waals surface area contributed by atoms with E-state index in [0.717, 1.165) is 6.61 Å². The molecule has 1 rings (SSSR count). The topological polar surface area (TPSA) is 12.5 Å². The molecule has 2 heteroatoms. The molecule has 0 N–H and O–H groups in total. The van der Waals surface area contributed by atoms with E-state index in [1.807, 2.05) is 0 Å². The Balaban J connectivity index is 1.70. The summed E-state index contributed by atoms with van der Waals surface area (Å²) in [6.45, 7) is 8.46. The molecule has 0 saturated carbocycles. The van der Waals surface area contributed by atoms with Gasteiger partial charge in [0.2, 0.25) is 0 Å². The molecule has 0 bridgehead atoms. The van der Waals surface area contributed by atoms with E-state index in [2.05, 4.69) is 20.0 Å². The number of epoxide rings is 1. The van der Waals surface area contributed by atoms with Crippen molar-refractivity contribution in [3.63, 3.8) is 0 Å². The lowest BCUT2D eigenvalue weighted by molar-refractivity contribution is 0.421. The molecule has 1 saturated heterocycles. The summed E-state index contributed by atoms with van der Waals surface area (Å²) >= 11 is 0. The Labute approximate surface area is 160 Å². The molecule has 1 aliphatic heterocycles. The van der Waals surface area contributed by atoms with Gasteiger partial charge in [0.15, 0.2) is 0 Å². The van der Waals surface area contributed by atoms with Crippen molar-refractivity contribution in [3.8, 4) is 0 Å². The van der Waals surface area contributed by atoms with E-state index in [4.69, 9.17) is 4.74 Å². The average Bonchev–Trinajstić information content (AvgIpc) is 3.37. The van der Waals surface area contributed by atoms with Gasteiger partial charge in [-0.15, -0.1) is 0 Å². The van der Waals surface area contributed by atoms with Crippen LogP contribution in [0.15, 0.2) is 0 Å². The van der Waals surface area contributed by atoms with Crippen LogP contribution < -0.4 is 0 Å². The minimum atomic E-state index is -0.936. The number of ether oxygens (including phenoxy) is 1. The van der Waals surface area contributed by atoms with Crippen LogP contribution in [0.25, 0.3) is 0 Å². The van der Waals surface area contributed by atoms with Gasteiger partial charge >= 0.3 is 0 Å². The highest BCUT2D eigenvalue weighted by molar-refractivity contribution is 6.77. The molecule has 1 aliphatic rings. The van der Waals surface area contributed by atoms with Gasteiger partial charge in [0.1, 0.15) is 0 Å². The molecule has 0 spiro atoms. The maximum Gasteiger partial charge on any atom is 0.0786 e. The zero-order valence-electron chi connectivity index (χ0n) is 17.9. The zero-order chi connectivity index (χ0) is 18.2. The molecule has 1 unspecified atom stereocenters. The van der Waals surface area contributed by atoms with Crippen LogP contribution in [-0.4, -0.2) is 20.8 Å². The van der Waals surface area contributed by atoms with E-state index < -0.39 is 8.07 Å². The monoisotopic (exact) mass is 368 g/mol. The minimum Gasteiger partial charge on any atom is -0.373 e. The van der Waals surface area contributed by atoms with Crippen LogP contribution in [0.2, 0.25) is 25.2 Å². The van der Waals surface area contributed by atoms with Gasteiger partial charge in [-0.2, -0.15) is 0 Å². The van der Waals surface area contributed by atoms with E-state index >= 15 is 0 Å². The lowest BCUT2D eigenvalue weighted by Crippen LogP contribution is -2.26. The third kappa shape index (κ3) is 16.1. The van der Waals surface area contributed by atoms with Gasteiger partial charge in [0.25, 0.3) is 0 Å². The maximum atomic E-state index is 5.41. The van der Waals surface area contributed by atoms with Crippen molar-refractivity contribution in [2.24, 2.45) is 0 Å². The highest BCUT2D eigenvalue weighted by Crippen LogP contribution is 2.27. The highest BCUT2D eigenvalue weighted by Gasteiger charge is 2.31. The van der Waals surface area contributed by atoms with Gasteiger partial charge in [0.05, 0.1) is 20.8 Å². The smallest absolute Gasteiger partial charge is 0.0786 e. The standard InChI is InChI=1S/C23H48OSi/c1-4-5-6-7-8-9-10-11-12-13-14-15-16-17-18-19-20-25(2,3)22-23-21-24-23/h23H,4-22H2,1-3H3. The Bertz CT molecular complexity index is 286. The van der Waals surface area contributed by atoms with Crippen molar-refractivity contribution in [2.45, 2.75) is 141 Å². The van der Waals surface area contributed by atoms with Crippen LogP contribution >= 0.6 is 0 Å². The average molecular weight is 369 g/mol. The van der Waals surface area contributed by atoms with E-state index in [-0.39, 0.29) is 0 Å². The van der Waals surface area contributed by atoms with Crippen molar-refractivity contribution in [1.29, 1.82) is 0 Å². The first kappa shape index (κ1) is 23.2. The summed E-state index contributed by atoms with van der Waals surface area (Å²) in [5.74, 6) is 0. The molecule has 1 fully saturated rings. The van der Waals surface area contributed by atoms with Crippen molar-refractivity contribution < 1.29 is 4.74 Å². The summed E-state index contributed by atoms with van der Waals surface area (Å²) in [6, 6.07) is 2.93. The second-order valence-electron chi connectivity index (χ2n) is 9.38. The van der Waals surface area contributed by atoms with Gasteiger partial charge in [-0.25, -0.2) is 0 Å². The lowest BCUT2D eigenvalue weighted by Gasteiger charge is -2.21. The second kappa shape index (κ2) is 15.3. The summed E-state index contributed by atoms with van der Waals surface area (Å²) in [7, 11) is -0.936. The number of hydrogen-bond donors (Lipinski definition) is 0. The predicted molar refractivity (Wildman–Crippen MR) is 116 cm³/mol. The first-order valence-corrected chi connectivity index (χ1v) is 15.2. The van der Waals surface area contributed by atoms with Crippen molar-refractivity contribution in [2.75, 3.05) is 6.61 Å². The summed E-state index contributed by atoms with van der Waals surface area (Å²) < 4.78 is 5.41. The third-order valence-corrected chi connectivity index (χ3v) is 9.16. The highest BCUT2D eigenvalue weighted by atomic mass is 28.3. The summed E-state index contributed by atoms with van der Waals surface area (Å²) in [5.41, 5.74) is 0. The molecular weight excluding hydrogens is 320 g/mol. The van der Waals surface area contributed by atoms with E-state index in [1.165, 1.54) is 115 Å². The van der Waals surface area contributed by atoms with Gasteiger partial charge in [-0.05, 0) is 6.04 Å². The molecular formula is C23H48OSi. The van der Waals surface area contributed by atoms with Gasteiger partial charge in [0, 0.05) is 0 Å². The zero-order valence-corrected chi connectivity index (χ0v) is 18.9. The molecule has 1 nitrogen and oxygen atoms in total. The Kier molecular flexibility index (Phi) is 14.2. The van der Waals surface area contributed by atoms with Crippen LogP contribution in [0.3, 0.4) is 0 Å². The predicted octanol–water partition coefficient (Wildman–Crippen LogP) is 8.36. The molecule has 0 aromatic rings. The van der Waals surface area contributed by atoms with E-state index in [9.17, 15) is 0 Å². The second-order valence-corrected chi connectivity index (χ2v) is 14.6. The summed E-state index contributed by atoms with van der Waals surface area (Å²) in [5, 5.41) is 0. The van der Waals surface area contributed by atoms with Crippen molar-refractivity contribution >= 4 is 8.07 Å². The number of hydrogen-bond acceptors (Lipinski definition) is 1. The fraction of sp³-hybridized carbons (Fsp3) is 1.00. The molecule has 25 heavy (non-hydrogen) atoms. The van der Waals surface area contributed by atoms with E-state index in [0.29, 0.717) is 6.10 Å². The Morgan fingerprint density at radius 3 is 1.36 bits per heavy atom. The molecule has 0 aromatic carbocycles. The summed E-state index contributed by atoms with van der Waals surface area (Å²) in [6.07, 6.45) is 24.2. The van der Waals surface area contributed by atoms with Gasteiger partial charge in [-0.3, -0.25) is 0 Å². The largest absolute Gasteiger partial charge is 0.373 e. The third-order valence-electron chi connectivity index (χ3n) is 5.89. The van der Waals surface area contributed by atoms with Gasteiger partial charge < -0.3 is 4.74 Å². The van der Waals surface area contributed by atoms with Crippen LogP contribution in [-0.2, 0) is 4.74 Å². The molecule has 0 aromatic heterocycles. The first-order chi connectivity index (χ1) is 12.1. The molecule has 0 amide bonds. The molecule has 0 aliphatic carbocycles. The lowest BCUT2D eigenvalue weighted by atomic mass is 10.0. The van der Waals surface area contributed by atoms with Crippen LogP contribution in [0.1, 0.15) is 110 Å². The fourth-order valence-corrected chi connectivity index (χ4v) is 6.94. The molecule has 1 atom stereocenters. The van der Waals surface area contributed by atoms with E-state index in [1.54, 1.807) is 0 Å². The van der Waals surface area contributed by atoms with Crippen LogP contribution in [0.4, 0.5) is 0 Å². The van der Waals surface area contributed by atoms with Crippen molar-refractivity contribution in [1.82, 2.24) is 0 Å². The molecule has 0 radical (unpaired) electrons. The summed E-state index contributed by atoms with van der Waals surface area (Å²) in [4.78, 5) is 0. The molecule has 1 heterocycles. The quantitative estimate of drug-likeness (QED) is 0.127. The van der Waals surface area contributed by atoms with Crippen molar-refractivity contribution in [3.05, 3.63) is 0 Å². The SMILES string of the molecule is CCCCCCCCCCCCCCCCCC[Si](C)(C)CC1CO1. The molecule has 150 valence electrons.